The molecule has 3 heterocycles. The van der Waals surface area contributed by atoms with E-state index >= 15 is 0 Å². The van der Waals surface area contributed by atoms with Crippen LogP contribution in [0, 0.1) is 17.0 Å². The second-order valence-electron chi connectivity index (χ2n) is 8.97. The Balaban J connectivity index is 1.61. The zero-order chi connectivity index (χ0) is 22.9. The van der Waals surface area contributed by atoms with Crippen molar-refractivity contribution in [3.63, 3.8) is 0 Å². The van der Waals surface area contributed by atoms with Gasteiger partial charge < -0.3 is 10.5 Å². The van der Waals surface area contributed by atoms with Crippen molar-refractivity contribution in [3.8, 4) is 17.0 Å². The Bertz CT molecular complexity index is 1410. The Morgan fingerprint density at radius 3 is 2.64 bits per heavy atom. The third-order valence-electron chi connectivity index (χ3n) is 7.20. The maximum atomic E-state index is 14.9. The smallest absolute Gasteiger partial charge is 0.224 e. The van der Waals surface area contributed by atoms with E-state index in [1.54, 1.807) is 0 Å². The van der Waals surface area contributed by atoms with Gasteiger partial charge in [-0.25, -0.2) is 8.78 Å². The van der Waals surface area contributed by atoms with Crippen LogP contribution < -0.4 is 10.9 Å². The fourth-order valence-electron chi connectivity index (χ4n) is 5.17. The molecule has 33 heavy (non-hydrogen) atoms. The molecule has 2 aromatic carbocycles. The highest BCUT2D eigenvalue weighted by molar-refractivity contribution is 7.98. The lowest BCUT2D eigenvalue weighted by Crippen LogP contribution is -2.51. The van der Waals surface area contributed by atoms with Crippen LogP contribution in [0.25, 0.3) is 11.3 Å². The lowest BCUT2D eigenvalue weighted by atomic mass is 9.64. The van der Waals surface area contributed by atoms with E-state index < -0.39 is 28.2 Å². The largest absolute Gasteiger partial charge is 0.503 e. The molecule has 1 aromatic heterocycles. The van der Waals surface area contributed by atoms with Gasteiger partial charge in [-0.3, -0.25) is 14.3 Å². The summed E-state index contributed by atoms with van der Waals surface area (Å²) in [6, 6.07) is 9.98. The van der Waals surface area contributed by atoms with Crippen LogP contribution in [0.5, 0.6) is 5.75 Å². The van der Waals surface area contributed by atoms with Gasteiger partial charge in [-0.15, -0.1) is 11.8 Å². The van der Waals surface area contributed by atoms with Gasteiger partial charge in [-0.05, 0) is 42.5 Å². The molecule has 1 aliphatic carbocycles. The van der Waals surface area contributed by atoms with Crippen molar-refractivity contribution in [2.24, 2.45) is 5.41 Å². The van der Waals surface area contributed by atoms with Crippen LogP contribution in [0.1, 0.15) is 46.4 Å². The number of carbonyl (C=O) groups is 1. The number of thioether (sulfide) groups is 1. The molecule has 1 saturated carbocycles. The molecular formula is C25H20F2N2O3S. The van der Waals surface area contributed by atoms with Crippen molar-refractivity contribution >= 4 is 17.5 Å². The molecule has 168 valence electrons. The number of ketones is 1. The first-order valence-electron chi connectivity index (χ1n) is 10.9. The van der Waals surface area contributed by atoms with Gasteiger partial charge >= 0.3 is 0 Å². The van der Waals surface area contributed by atoms with Crippen molar-refractivity contribution in [3.05, 3.63) is 80.6 Å². The summed E-state index contributed by atoms with van der Waals surface area (Å²) in [6.07, 6.45) is 2.63. The molecule has 0 bridgehead atoms. The third-order valence-corrected chi connectivity index (χ3v) is 8.34. The fraction of sp³-hybridized carbons (Fsp3) is 0.280. The number of rotatable bonds is 1. The molecule has 2 aliphatic heterocycles. The minimum atomic E-state index is -1.01. The highest BCUT2D eigenvalue weighted by atomic mass is 32.2. The van der Waals surface area contributed by atoms with E-state index in [2.05, 4.69) is 5.43 Å². The van der Waals surface area contributed by atoms with Gasteiger partial charge in [0.2, 0.25) is 5.43 Å². The third kappa shape index (κ3) is 2.89. The van der Waals surface area contributed by atoms with Gasteiger partial charge in [-0.2, -0.15) is 0 Å². The number of halogens is 2. The summed E-state index contributed by atoms with van der Waals surface area (Å²) >= 11 is 1.44. The highest BCUT2D eigenvalue weighted by Crippen LogP contribution is 2.47. The van der Waals surface area contributed by atoms with Crippen LogP contribution in [0.3, 0.4) is 0 Å². The van der Waals surface area contributed by atoms with Crippen molar-refractivity contribution in [1.82, 2.24) is 4.68 Å². The summed E-state index contributed by atoms with van der Waals surface area (Å²) in [4.78, 5) is 27.0. The predicted molar refractivity (Wildman–Crippen MR) is 121 cm³/mol. The van der Waals surface area contributed by atoms with Gasteiger partial charge in [0.15, 0.2) is 28.9 Å². The number of aromatic hydroxyl groups is 1. The predicted octanol–water partition coefficient (Wildman–Crippen LogP) is 4.61. The number of fused-ring (bicyclic) bond motifs is 3. The standard InChI is InChI=1S/C25H20F2N2O3S/c26-17-9-15(14-8-13-4-1-2-5-20(13)33-11-16(14)21(17)27)18-10-19(30)23(31)22-24(32)25(6-3-7-25)12-28-29(18)22/h1-2,4-5,9-10,28,31H,3,6-8,11-12H2. The molecule has 0 atom stereocenters. The highest BCUT2D eigenvalue weighted by Gasteiger charge is 2.49. The van der Waals surface area contributed by atoms with E-state index in [-0.39, 0.29) is 28.5 Å². The summed E-state index contributed by atoms with van der Waals surface area (Å²) < 4.78 is 31.1. The Kier molecular flexibility index (Phi) is 4.46. The van der Waals surface area contributed by atoms with Crippen molar-refractivity contribution in [2.45, 2.75) is 36.3 Å². The molecule has 6 rings (SSSR count). The molecule has 0 saturated heterocycles. The molecule has 3 aliphatic rings. The first-order chi connectivity index (χ1) is 15.9. The van der Waals surface area contributed by atoms with Crippen LogP contribution in [0.4, 0.5) is 8.78 Å². The quantitative estimate of drug-likeness (QED) is 0.548. The summed E-state index contributed by atoms with van der Waals surface area (Å²) in [6.45, 7) is 0.360. The number of Topliss-reactive ketones (excluding diaryl/α,β-unsaturated/α-hetero) is 1. The lowest BCUT2D eigenvalue weighted by Gasteiger charge is -2.44. The maximum absolute atomic E-state index is 14.9. The van der Waals surface area contributed by atoms with E-state index in [1.165, 1.54) is 22.5 Å². The summed E-state index contributed by atoms with van der Waals surface area (Å²) in [7, 11) is 0. The SMILES string of the molecule is O=C1c2c(O)c(=O)cc(-c3cc(F)c(F)c4c3Cc3ccccc3SC4)n2NCC12CCC2. The van der Waals surface area contributed by atoms with Crippen molar-refractivity contribution in [1.29, 1.82) is 0 Å². The van der Waals surface area contributed by atoms with E-state index in [0.29, 0.717) is 36.9 Å². The van der Waals surface area contributed by atoms with E-state index in [1.807, 2.05) is 24.3 Å². The van der Waals surface area contributed by atoms with Crippen LogP contribution in [0.15, 0.2) is 46.1 Å². The Labute approximate surface area is 192 Å². The summed E-state index contributed by atoms with van der Waals surface area (Å²) in [5, 5.41) is 10.5. The molecule has 0 amide bonds. The van der Waals surface area contributed by atoms with Gasteiger partial charge in [0, 0.05) is 34.4 Å². The molecular weight excluding hydrogens is 446 g/mol. The Morgan fingerprint density at radius 2 is 1.88 bits per heavy atom. The van der Waals surface area contributed by atoms with Gasteiger partial charge in [0.1, 0.15) is 0 Å². The minimum Gasteiger partial charge on any atom is -0.503 e. The van der Waals surface area contributed by atoms with E-state index in [4.69, 9.17) is 0 Å². The molecule has 5 nitrogen and oxygen atoms in total. The fourth-order valence-corrected chi connectivity index (χ4v) is 6.27. The minimum absolute atomic E-state index is 0.106. The molecule has 8 heteroatoms. The van der Waals surface area contributed by atoms with Crippen molar-refractivity contribution in [2.75, 3.05) is 12.0 Å². The second-order valence-corrected chi connectivity index (χ2v) is 9.99. The Morgan fingerprint density at radius 1 is 1.09 bits per heavy atom. The van der Waals surface area contributed by atoms with Crippen molar-refractivity contribution < 1.29 is 18.7 Å². The number of carbonyl (C=O) groups excluding carboxylic acids is 1. The number of pyridine rings is 1. The molecule has 1 spiro atoms. The van der Waals surface area contributed by atoms with Crippen LogP contribution in [-0.4, -0.2) is 22.1 Å². The number of hydrogen-bond donors (Lipinski definition) is 2. The first-order valence-corrected chi connectivity index (χ1v) is 11.9. The zero-order valence-electron chi connectivity index (χ0n) is 17.6. The number of aromatic nitrogens is 1. The molecule has 0 radical (unpaired) electrons. The first kappa shape index (κ1) is 20.5. The zero-order valence-corrected chi connectivity index (χ0v) is 18.4. The second kappa shape index (κ2) is 7.18. The van der Waals surface area contributed by atoms with Crippen LogP contribution >= 0.6 is 11.8 Å². The van der Waals surface area contributed by atoms with Gasteiger partial charge in [0.05, 0.1) is 11.1 Å². The Hall–Kier alpha value is -3.13. The molecule has 1 fully saturated rings. The van der Waals surface area contributed by atoms with Gasteiger partial charge in [0.25, 0.3) is 0 Å². The number of benzene rings is 2. The molecule has 0 unspecified atom stereocenters. The summed E-state index contributed by atoms with van der Waals surface area (Å²) in [5.41, 5.74) is 4.11. The van der Waals surface area contributed by atoms with Gasteiger partial charge in [-0.1, -0.05) is 24.6 Å². The topological polar surface area (TPSA) is 71.3 Å². The average Bonchev–Trinajstić information content (AvgIpc) is 2.98. The summed E-state index contributed by atoms with van der Waals surface area (Å²) in [5.74, 6) is -2.56. The van der Waals surface area contributed by atoms with Crippen LogP contribution in [0.2, 0.25) is 0 Å². The maximum Gasteiger partial charge on any atom is 0.224 e. The number of nitrogens with zero attached hydrogens (tertiary/aromatic N) is 1. The normalized spacial score (nSPS) is 17.9. The number of nitrogens with one attached hydrogen (secondary N) is 1. The molecule has 3 aromatic rings. The van der Waals surface area contributed by atoms with Crippen LogP contribution in [-0.2, 0) is 12.2 Å². The monoisotopic (exact) mass is 466 g/mol. The average molecular weight is 467 g/mol. The molecule has 2 N–H and O–H groups in total. The van der Waals surface area contributed by atoms with E-state index in [9.17, 15) is 23.5 Å². The van der Waals surface area contributed by atoms with E-state index in [0.717, 1.165) is 22.9 Å². The number of hydrogen-bond acceptors (Lipinski definition) is 5. The lowest BCUT2D eigenvalue weighted by molar-refractivity contribution is 0.0595.